The summed E-state index contributed by atoms with van der Waals surface area (Å²) in [6.07, 6.45) is 0.234. The number of hydrogen-bond donors (Lipinski definition) is 1. The van der Waals surface area contributed by atoms with Crippen LogP contribution in [0.5, 0.6) is 5.75 Å². The number of rotatable bonds is 7. The Kier molecular flexibility index (Phi) is 7.58. The Bertz CT molecular complexity index is 1100. The van der Waals surface area contributed by atoms with Gasteiger partial charge in [-0.1, -0.05) is 35.3 Å². The van der Waals surface area contributed by atoms with Gasteiger partial charge < -0.3 is 10.1 Å². The zero-order valence-corrected chi connectivity index (χ0v) is 18.3. The lowest BCUT2D eigenvalue weighted by molar-refractivity contribution is -0.115. The van der Waals surface area contributed by atoms with Crippen LogP contribution in [0.3, 0.4) is 0 Å². The molecule has 3 aromatic rings. The molecule has 3 rings (SSSR count). The summed E-state index contributed by atoms with van der Waals surface area (Å²) in [5.74, 6) is 0.806. The number of carbonyl (C=O) groups excluding carboxylic acids is 1. The highest BCUT2D eigenvalue weighted by atomic mass is 35.5. The van der Waals surface area contributed by atoms with E-state index in [1.54, 1.807) is 42.5 Å². The minimum atomic E-state index is -0.185. The number of thioether (sulfide) groups is 1. The maximum Gasteiger partial charge on any atom is 0.225 e. The van der Waals surface area contributed by atoms with Gasteiger partial charge in [0, 0.05) is 27.8 Å². The van der Waals surface area contributed by atoms with E-state index in [-0.39, 0.29) is 12.3 Å². The second kappa shape index (κ2) is 10.4. The van der Waals surface area contributed by atoms with Crippen molar-refractivity contribution in [2.24, 2.45) is 0 Å². The van der Waals surface area contributed by atoms with Gasteiger partial charge >= 0.3 is 0 Å². The van der Waals surface area contributed by atoms with Gasteiger partial charge in [0.15, 0.2) is 0 Å². The fourth-order valence-electron chi connectivity index (χ4n) is 2.65. The van der Waals surface area contributed by atoms with E-state index < -0.39 is 0 Å². The molecule has 0 radical (unpaired) electrons. The lowest BCUT2D eigenvalue weighted by Gasteiger charge is -2.11. The number of carbonyl (C=O) groups is 1. The molecule has 8 heteroatoms. The first-order valence-electron chi connectivity index (χ1n) is 8.93. The zero-order chi connectivity index (χ0) is 21.5. The molecule has 0 unspecified atom stereocenters. The predicted molar refractivity (Wildman–Crippen MR) is 121 cm³/mol. The average molecular weight is 458 g/mol. The number of amides is 1. The van der Waals surface area contributed by atoms with Crippen molar-refractivity contribution in [2.75, 3.05) is 18.2 Å². The quantitative estimate of drug-likeness (QED) is 0.436. The fourth-order valence-corrected chi connectivity index (χ4v) is 3.86. The van der Waals surface area contributed by atoms with Crippen molar-refractivity contribution >= 4 is 46.6 Å². The van der Waals surface area contributed by atoms with E-state index in [0.29, 0.717) is 37.8 Å². The Balaban J connectivity index is 1.66. The number of pyridine rings is 1. The predicted octanol–water partition coefficient (Wildman–Crippen LogP) is 6.06. The van der Waals surface area contributed by atoms with E-state index in [1.807, 2.05) is 12.1 Å². The summed E-state index contributed by atoms with van der Waals surface area (Å²) >= 11 is 13.3. The van der Waals surface area contributed by atoms with Gasteiger partial charge in [-0.25, -0.2) is 4.98 Å². The van der Waals surface area contributed by atoms with Crippen molar-refractivity contribution in [3.63, 3.8) is 0 Å². The summed E-state index contributed by atoms with van der Waals surface area (Å²) in [6, 6.07) is 18.0. The minimum Gasteiger partial charge on any atom is -0.495 e. The molecule has 0 aliphatic rings. The van der Waals surface area contributed by atoms with Crippen LogP contribution in [0.15, 0.2) is 59.6 Å². The van der Waals surface area contributed by atoms with Gasteiger partial charge in [-0.3, -0.25) is 4.79 Å². The molecule has 0 atom stereocenters. The fraction of sp³-hybridized carbons (Fsp3) is 0.136. The van der Waals surface area contributed by atoms with Crippen LogP contribution < -0.4 is 10.1 Å². The summed E-state index contributed by atoms with van der Waals surface area (Å²) in [6.45, 7) is 0. The maximum atomic E-state index is 12.3. The number of anilines is 1. The topological polar surface area (TPSA) is 75.0 Å². The molecule has 1 heterocycles. The highest BCUT2D eigenvalue weighted by Crippen LogP contribution is 2.29. The minimum absolute atomic E-state index is 0.185. The van der Waals surface area contributed by atoms with Gasteiger partial charge in [-0.05, 0) is 42.5 Å². The van der Waals surface area contributed by atoms with Crippen LogP contribution in [0.2, 0.25) is 10.0 Å². The number of methoxy groups -OCH3 is 1. The monoisotopic (exact) mass is 457 g/mol. The first kappa shape index (κ1) is 22.0. The Labute approximate surface area is 189 Å². The number of aromatic nitrogens is 1. The van der Waals surface area contributed by atoms with Gasteiger partial charge in [0.25, 0.3) is 0 Å². The van der Waals surface area contributed by atoms with E-state index in [0.717, 1.165) is 11.3 Å². The molecule has 1 N–H and O–H groups in total. The highest BCUT2D eigenvalue weighted by Gasteiger charge is 2.11. The molecule has 0 aliphatic carbocycles. The Hall–Kier alpha value is -2.72. The largest absolute Gasteiger partial charge is 0.495 e. The van der Waals surface area contributed by atoms with Gasteiger partial charge in [-0.15, -0.1) is 11.8 Å². The van der Waals surface area contributed by atoms with Gasteiger partial charge in [0.05, 0.1) is 24.1 Å². The first-order chi connectivity index (χ1) is 14.5. The van der Waals surface area contributed by atoms with Crippen molar-refractivity contribution < 1.29 is 9.53 Å². The standard InChI is InChI=1S/C22H17Cl2N3O2S/c1-29-20-9-7-17(24)12-19(20)26-21(28)10-11-30-22-15(13-25)4-8-18(27-22)14-2-5-16(23)6-3-14/h2-9,12H,10-11H2,1H3,(H,26,28). The molecule has 0 saturated carbocycles. The third-order valence-corrected chi connectivity index (χ3v) is 5.60. The van der Waals surface area contributed by atoms with Crippen LogP contribution in [0.4, 0.5) is 5.69 Å². The van der Waals surface area contributed by atoms with Crippen LogP contribution >= 0.6 is 35.0 Å². The molecule has 0 aliphatic heterocycles. The van der Waals surface area contributed by atoms with Crippen LogP contribution in [0.1, 0.15) is 12.0 Å². The molecule has 0 bridgehead atoms. The molecule has 152 valence electrons. The van der Waals surface area contributed by atoms with Crippen molar-refractivity contribution in [2.45, 2.75) is 11.4 Å². The molecule has 30 heavy (non-hydrogen) atoms. The van der Waals surface area contributed by atoms with E-state index >= 15 is 0 Å². The summed E-state index contributed by atoms with van der Waals surface area (Å²) in [7, 11) is 1.53. The second-order valence-corrected chi connectivity index (χ2v) is 8.12. The zero-order valence-electron chi connectivity index (χ0n) is 16.0. The third-order valence-electron chi connectivity index (χ3n) is 4.12. The molecule has 0 fully saturated rings. The number of benzene rings is 2. The Morgan fingerprint density at radius 1 is 1.13 bits per heavy atom. The van der Waals surface area contributed by atoms with Crippen molar-refractivity contribution in [1.29, 1.82) is 5.26 Å². The Morgan fingerprint density at radius 3 is 2.57 bits per heavy atom. The molecule has 1 amide bonds. The van der Waals surface area contributed by atoms with Gasteiger partial charge in [-0.2, -0.15) is 5.26 Å². The van der Waals surface area contributed by atoms with E-state index in [4.69, 9.17) is 27.9 Å². The van der Waals surface area contributed by atoms with Crippen LogP contribution in [-0.2, 0) is 4.79 Å². The van der Waals surface area contributed by atoms with Crippen molar-refractivity contribution in [3.8, 4) is 23.1 Å². The third kappa shape index (κ3) is 5.67. The highest BCUT2D eigenvalue weighted by molar-refractivity contribution is 7.99. The first-order valence-corrected chi connectivity index (χ1v) is 10.7. The SMILES string of the molecule is COc1ccc(Cl)cc1NC(=O)CCSc1nc(-c2ccc(Cl)cc2)ccc1C#N. The molecule has 2 aromatic carbocycles. The average Bonchev–Trinajstić information content (AvgIpc) is 2.74. The lowest BCUT2D eigenvalue weighted by Crippen LogP contribution is -2.13. The lowest BCUT2D eigenvalue weighted by atomic mass is 10.1. The van der Waals surface area contributed by atoms with E-state index in [9.17, 15) is 10.1 Å². The summed E-state index contributed by atoms with van der Waals surface area (Å²) in [4.78, 5) is 16.9. The number of nitrogens with zero attached hydrogens (tertiary/aromatic N) is 2. The summed E-state index contributed by atoms with van der Waals surface area (Å²) < 4.78 is 5.23. The number of ether oxygens (including phenoxy) is 1. The van der Waals surface area contributed by atoms with E-state index in [1.165, 1.54) is 18.9 Å². The van der Waals surface area contributed by atoms with Gasteiger partial charge in [0.2, 0.25) is 5.91 Å². The Morgan fingerprint density at radius 2 is 1.87 bits per heavy atom. The van der Waals surface area contributed by atoms with Crippen LogP contribution in [0.25, 0.3) is 11.3 Å². The number of nitrogens with one attached hydrogen (secondary N) is 1. The molecule has 1 aromatic heterocycles. The normalized spacial score (nSPS) is 10.3. The van der Waals surface area contributed by atoms with Crippen molar-refractivity contribution in [3.05, 3.63) is 70.2 Å². The second-order valence-electron chi connectivity index (χ2n) is 6.16. The van der Waals surface area contributed by atoms with E-state index in [2.05, 4.69) is 16.4 Å². The smallest absolute Gasteiger partial charge is 0.225 e. The number of hydrogen-bond acceptors (Lipinski definition) is 5. The summed E-state index contributed by atoms with van der Waals surface area (Å²) in [5, 5.41) is 13.9. The van der Waals surface area contributed by atoms with Crippen LogP contribution in [0, 0.1) is 11.3 Å². The molecular weight excluding hydrogens is 441 g/mol. The number of halogens is 2. The molecular formula is C22H17Cl2N3O2S. The maximum absolute atomic E-state index is 12.3. The molecule has 0 spiro atoms. The van der Waals surface area contributed by atoms with Gasteiger partial charge in [0.1, 0.15) is 16.8 Å². The van der Waals surface area contributed by atoms with Crippen LogP contribution in [-0.4, -0.2) is 23.8 Å². The number of nitriles is 1. The molecule has 0 saturated heterocycles. The van der Waals surface area contributed by atoms with Crippen molar-refractivity contribution in [1.82, 2.24) is 4.98 Å². The molecule has 5 nitrogen and oxygen atoms in total. The summed E-state index contributed by atoms with van der Waals surface area (Å²) in [5.41, 5.74) is 2.62.